The summed E-state index contributed by atoms with van der Waals surface area (Å²) >= 11 is 7.51. The van der Waals surface area contributed by atoms with Crippen molar-refractivity contribution >= 4 is 57.5 Å². The van der Waals surface area contributed by atoms with Crippen LogP contribution in [0.2, 0.25) is 5.02 Å². The second-order valence-corrected chi connectivity index (χ2v) is 8.42. The fourth-order valence-electron chi connectivity index (χ4n) is 3.13. The van der Waals surface area contributed by atoms with Crippen molar-refractivity contribution < 1.29 is 14.0 Å². The summed E-state index contributed by atoms with van der Waals surface area (Å²) in [4.78, 5) is 34.5. The number of benzene rings is 2. The quantitative estimate of drug-likeness (QED) is 0.193. The first-order valence-electron chi connectivity index (χ1n) is 9.93. The summed E-state index contributed by atoms with van der Waals surface area (Å²) in [6.45, 7) is 5.59. The Morgan fingerprint density at radius 3 is 2.76 bits per heavy atom. The van der Waals surface area contributed by atoms with E-state index in [0.717, 1.165) is 5.56 Å². The molecule has 0 spiro atoms. The van der Waals surface area contributed by atoms with Crippen LogP contribution in [0.1, 0.15) is 26.6 Å². The molecule has 4 aromatic rings. The number of furan rings is 1. The predicted molar refractivity (Wildman–Crippen MR) is 131 cm³/mol. The van der Waals surface area contributed by atoms with Crippen LogP contribution in [0.3, 0.4) is 0 Å². The van der Waals surface area contributed by atoms with Crippen molar-refractivity contribution in [2.75, 3.05) is 16.4 Å². The summed E-state index contributed by atoms with van der Waals surface area (Å²) in [6, 6.07) is 14.4. The number of fused-ring (bicyclic) bond motifs is 1. The van der Waals surface area contributed by atoms with E-state index in [1.165, 1.54) is 18.0 Å². The zero-order chi connectivity index (χ0) is 23.4. The van der Waals surface area contributed by atoms with Gasteiger partial charge in [0.15, 0.2) is 10.9 Å². The van der Waals surface area contributed by atoms with Gasteiger partial charge in [0, 0.05) is 16.8 Å². The molecule has 166 valence electrons. The molecule has 0 aliphatic carbocycles. The Morgan fingerprint density at radius 2 is 1.97 bits per heavy atom. The number of rotatable bonds is 7. The molecule has 0 fully saturated rings. The lowest BCUT2D eigenvalue weighted by Crippen LogP contribution is -2.19. The van der Waals surface area contributed by atoms with Crippen molar-refractivity contribution in [1.29, 1.82) is 0 Å². The third kappa shape index (κ3) is 5.08. The molecule has 2 aromatic heterocycles. The van der Waals surface area contributed by atoms with Gasteiger partial charge in [0.2, 0.25) is 5.76 Å². The van der Waals surface area contributed by atoms with E-state index in [0.29, 0.717) is 27.6 Å². The topological polar surface area (TPSA) is 97.1 Å². The Labute approximate surface area is 199 Å². The highest BCUT2D eigenvalue weighted by Gasteiger charge is 2.24. The zero-order valence-corrected chi connectivity index (χ0v) is 19.2. The number of thioether (sulfide) groups is 1. The Bertz CT molecular complexity index is 1370. The van der Waals surface area contributed by atoms with Crippen molar-refractivity contribution in [3.05, 3.63) is 89.4 Å². The maximum absolute atomic E-state index is 13.1. The summed E-state index contributed by atoms with van der Waals surface area (Å²) in [5.74, 6) is -0.530. The predicted octanol–water partition coefficient (Wildman–Crippen LogP) is 5.97. The molecule has 2 amide bonds. The molecule has 0 unspecified atom stereocenters. The number of aromatic nitrogens is 2. The van der Waals surface area contributed by atoms with Crippen LogP contribution >= 0.6 is 23.4 Å². The number of nitrogens with one attached hydrogen (secondary N) is 2. The number of nitrogens with zero attached hydrogens (tertiary/aromatic N) is 2. The number of anilines is 2. The molecule has 0 saturated carbocycles. The lowest BCUT2D eigenvalue weighted by Gasteiger charge is -2.09. The van der Waals surface area contributed by atoms with Crippen LogP contribution in [-0.4, -0.2) is 27.5 Å². The zero-order valence-electron chi connectivity index (χ0n) is 17.6. The van der Waals surface area contributed by atoms with Crippen LogP contribution < -0.4 is 10.6 Å². The molecule has 7 nitrogen and oxygen atoms in total. The first kappa shape index (κ1) is 22.6. The van der Waals surface area contributed by atoms with E-state index in [1.807, 2.05) is 25.1 Å². The molecule has 0 aliphatic rings. The smallest absolute Gasteiger partial charge is 0.293 e. The van der Waals surface area contributed by atoms with E-state index in [9.17, 15) is 9.59 Å². The summed E-state index contributed by atoms with van der Waals surface area (Å²) < 4.78 is 5.80. The van der Waals surface area contributed by atoms with Crippen molar-refractivity contribution in [2.45, 2.75) is 12.1 Å². The summed E-state index contributed by atoms with van der Waals surface area (Å²) in [7, 11) is 0. The van der Waals surface area contributed by atoms with Crippen molar-refractivity contribution in [3.8, 4) is 0 Å². The number of carbonyl (C=O) groups excluding carboxylic acids is 2. The normalized spacial score (nSPS) is 10.7. The van der Waals surface area contributed by atoms with Crippen molar-refractivity contribution in [3.63, 3.8) is 0 Å². The van der Waals surface area contributed by atoms with E-state index in [4.69, 9.17) is 16.0 Å². The Balaban J connectivity index is 1.68. The molecule has 0 aliphatic heterocycles. The highest BCUT2D eigenvalue weighted by molar-refractivity contribution is 7.99. The summed E-state index contributed by atoms with van der Waals surface area (Å²) in [6.07, 6.45) is 3.08. The number of carbonyl (C=O) groups is 2. The first-order chi connectivity index (χ1) is 16.0. The van der Waals surface area contributed by atoms with Gasteiger partial charge in [-0.25, -0.2) is 9.97 Å². The van der Waals surface area contributed by atoms with Gasteiger partial charge in [-0.05, 0) is 36.8 Å². The first-order valence-corrected chi connectivity index (χ1v) is 11.3. The van der Waals surface area contributed by atoms with Crippen LogP contribution in [0.15, 0.2) is 77.0 Å². The number of aryl methyl sites for hydroxylation is 1. The lowest BCUT2D eigenvalue weighted by atomic mass is 10.2. The largest absolute Gasteiger partial charge is 0.449 e. The Kier molecular flexibility index (Phi) is 6.76. The number of para-hydroxylation sites is 1. The number of hydrogen-bond acceptors (Lipinski definition) is 6. The average molecular weight is 479 g/mol. The minimum Gasteiger partial charge on any atom is -0.449 e. The van der Waals surface area contributed by atoms with E-state index in [2.05, 4.69) is 27.2 Å². The highest BCUT2D eigenvalue weighted by Crippen LogP contribution is 2.32. The number of halogens is 1. The van der Waals surface area contributed by atoms with Gasteiger partial charge >= 0.3 is 0 Å². The van der Waals surface area contributed by atoms with Crippen LogP contribution in [0.25, 0.3) is 11.0 Å². The van der Waals surface area contributed by atoms with Crippen molar-refractivity contribution in [1.82, 2.24) is 9.97 Å². The molecule has 0 atom stereocenters. The molecule has 2 aromatic carbocycles. The SMILES string of the molecule is C=CCSc1ncc(Cl)c(C(=O)Nc2c(C(=O)Nc3cccc(C)c3)oc3ccccc23)n1. The molecule has 0 bridgehead atoms. The summed E-state index contributed by atoms with van der Waals surface area (Å²) in [5.41, 5.74) is 2.29. The van der Waals surface area contributed by atoms with Gasteiger partial charge < -0.3 is 15.1 Å². The fourth-order valence-corrected chi connectivity index (χ4v) is 3.85. The maximum atomic E-state index is 13.1. The van der Waals surface area contributed by atoms with Gasteiger partial charge in [-0.1, -0.05) is 53.7 Å². The molecular formula is C24H19ClN4O3S. The molecule has 33 heavy (non-hydrogen) atoms. The molecular weight excluding hydrogens is 460 g/mol. The fraction of sp³-hybridized carbons (Fsp3) is 0.0833. The second-order valence-electron chi connectivity index (χ2n) is 7.03. The number of amides is 2. The van der Waals surface area contributed by atoms with E-state index < -0.39 is 11.8 Å². The lowest BCUT2D eigenvalue weighted by molar-refractivity contribution is 0.0999. The standard InChI is InChI=1S/C24H19ClN4O3S/c1-3-11-33-24-26-13-17(25)20(29-24)22(30)28-19-16-9-4-5-10-18(16)32-21(19)23(31)27-15-8-6-7-14(2)12-15/h3-10,12-13H,1,11H2,2H3,(H,27,31)(H,28,30). The van der Waals surface area contributed by atoms with Crippen LogP contribution in [0.5, 0.6) is 0 Å². The van der Waals surface area contributed by atoms with Gasteiger partial charge in [0.05, 0.1) is 11.2 Å². The minimum atomic E-state index is -0.584. The monoisotopic (exact) mass is 478 g/mol. The molecule has 4 rings (SSSR count). The second kappa shape index (κ2) is 9.89. The molecule has 9 heteroatoms. The summed E-state index contributed by atoms with van der Waals surface area (Å²) in [5, 5.41) is 6.62. The highest BCUT2D eigenvalue weighted by atomic mass is 35.5. The van der Waals surface area contributed by atoms with Crippen LogP contribution in [-0.2, 0) is 0 Å². The third-order valence-corrected chi connectivity index (χ3v) is 5.72. The van der Waals surface area contributed by atoms with Gasteiger partial charge in [0.25, 0.3) is 11.8 Å². The van der Waals surface area contributed by atoms with Crippen molar-refractivity contribution in [2.24, 2.45) is 0 Å². The average Bonchev–Trinajstić information content (AvgIpc) is 3.17. The molecule has 0 saturated heterocycles. The third-order valence-electron chi connectivity index (χ3n) is 4.58. The van der Waals surface area contributed by atoms with E-state index in [1.54, 1.807) is 36.4 Å². The van der Waals surface area contributed by atoms with E-state index >= 15 is 0 Å². The number of hydrogen-bond donors (Lipinski definition) is 2. The minimum absolute atomic E-state index is 0.00597. The Morgan fingerprint density at radius 1 is 1.15 bits per heavy atom. The van der Waals surface area contributed by atoms with Gasteiger partial charge in [-0.2, -0.15) is 0 Å². The van der Waals surface area contributed by atoms with Gasteiger partial charge in [-0.15, -0.1) is 6.58 Å². The van der Waals surface area contributed by atoms with Crippen LogP contribution in [0, 0.1) is 6.92 Å². The van der Waals surface area contributed by atoms with Gasteiger partial charge in [0.1, 0.15) is 11.3 Å². The molecule has 2 N–H and O–H groups in total. The van der Waals surface area contributed by atoms with E-state index in [-0.39, 0.29) is 22.2 Å². The Hall–Kier alpha value is -3.62. The van der Waals surface area contributed by atoms with Gasteiger partial charge in [-0.3, -0.25) is 9.59 Å². The molecule has 2 heterocycles. The van der Waals surface area contributed by atoms with Crippen LogP contribution in [0.4, 0.5) is 11.4 Å². The molecule has 0 radical (unpaired) electrons. The maximum Gasteiger partial charge on any atom is 0.293 e.